The van der Waals surface area contributed by atoms with Gasteiger partial charge in [0.15, 0.2) is 0 Å². The van der Waals surface area contributed by atoms with Gasteiger partial charge < -0.3 is 0 Å². The third-order valence-corrected chi connectivity index (χ3v) is 2.16. The van der Waals surface area contributed by atoms with Gasteiger partial charge in [-0.1, -0.05) is 6.08 Å². The Labute approximate surface area is 64.4 Å². The lowest BCUT2D eigenvalue weighted by Crippen LogP contribution is -2.12. The van der Waals surface area contributed by atoms with E-state index in [4.69, 9.17) is 4.52 Å². The van der Waals surface area contributed by atoms with Crippen molar-refractivity contribution < 1.29 is 23.2 Å². The fraction of sp³-hybridized carbons (Fsp3) is 0.600. The smallest absolute Gasteiger partial charge is 0.283 e. The number of phosphoric ester groups is 1. The summed E-state index contributed by atoms with van der Waals surface area (Å²) in [7, 11) is -3.42. The second-order valence-electron chi connectivity index (χ2n) is 1.76. The molecule has 1 aliphatic rings. The van der Waals surface area contributed by atoms with Crippen LogP contribution in [0.5, 0.6) is 0 Å². The minimum atomic E-state index is -3.42. The van der Waals surface area contributed by atoms with Gasteiger partial charge in [0.2, 0.25) is 0 Å². The van der Waals surface area contributed by atoms with Crippen molar-refractivity contribution in [3.05, 3.63) is 12.7 Å². The van der Waals surface area contributed by atoms with Crippen molar-refractivity contribution in [1.29, 1.82) is 0 Å². The molecule has 0 amide bonds. The molecule has 0 bridgehead atoms. The predicted octanol–water partition coefficient (Wildman–Crippen LogP) is 1.28. The normalized spacial score (nSPS) is 31.6. The Morgan fingerprint density at radius 3 is 3.00 bits per heavy atom. The van der Waals surface area contributed by atoms with Gasteiger partial charge in [0.25, 0.3) is 0 Å². The van der Waals surface area contributed by atoms with E-state index in [0.717, 1.165) is 0 Å². The zero-order valence-electron chi connectivity index (χ0n) is 5.89. The SMILES string of the molecule is C=CCOP1(=O)OCCOO1. The van der Waals surface area contributed by atoms with E-state index in [1.165, 1.54) is 6.08 Å². The van der Waals surface area contributed by atoms with Crippen molar-refractivity contribution in [2.75, 3.05) is 19.8 Å². The second kappa shape index (κ2) is 3.99. The Balaban J connectivity index is 2.37. The van der Waals surface area contributed by atoms with E-state index in [2.05, 4.69) is 20.7 Å². The molecule has 1 aliphatic heterocycles. The van der Waals surface area contributed by atoms with Crippen molar-refractivity contribution in [2.45, 2.75) is 0 Å². The Hall–Kier alpha value is -0.190. The molecule has 0 saturated carbocycles. The summed E-state index contributed by atoms with van der Waals surface area (Å²) in [6.45, 7) is 3.97. The highest BCUT2D eigenvalue weighted by atomic mass is 31.2. The summed E-state index contributed by atoms with van der Waals surface area (Å²) in [6, 6.07) is 0. The van der Waals surface area contributed by atoms with Crippen molar-refractivity contribution in [3.8, 4) is 0 Å². The first-order chi connectivity index (χ1) is 5.27. The first-order valence-corrected chi connectivity index (χ1v) is 4.54. The van der Waals surface area contributed by atoms with Crippen LogP contribution in [0.25, 0.3) is 0 Å². The summed E-state index contributed by atoms with van der Waals surface area (Å²) in [5, 5.41) is 0. The van der Waals surface area contributed by atoms with E-state index in [1.807, 2.05) is 0 Å². The molecule has 1 rings (SSSR count). The number of hydrogen-bond acceptors (Lipinski definition) is 5. The summed E-state index contributed by atoms with van der Waals surface area (Å²) in [5.74, 6) is 0. The van der Waals surface area contributed by atoms with Crippen molar-refractivity contribution in [3.63, 3.8) is 0 Å². The molecule has 0 aliphatic carbocycles. The molecule has 5 nitrogen and oxygen atoms in total. The van der Waals surface area contributed by atoms with E-state index in [-0.39, 0.29) is 19.8 Å². The molecule has 0 N–H and O–H groups in total. The first-order valence-electron chi connectivity index (χ1n) is 3.08. The van der Waals surface area contributed by atoms with Gasteiger partial charge in [0.1, 0.15) is 6.61 Å². The minimum absolute atomic E-state index is 0.112. The third kappa shape index (κ3) is 2.73. The predicted molar refractivity (Wildman–Crippen MR) is 36.7 cm³/mol. The average molecular weight is 180 g/mol. The Morgan fingerprint density at radius 2 is 2.45 bits per heavy atom. The van der Waals surface area contributed by atoms with Crippen LogP contribution >= 0.6 is 7.82 Å². The van der Waals surface area contributed by atoms with Crippen LogP contribution in [0.2, 0.25) is 0 Å². The molecule has 0 aromatic heterocycles. The lowest BCUT2D eigenvalue weighted by atomic mass is 10.7. The lowest BCUT2D eigenvalue weighted by Gasteiger charge is -2.19. The van der Waals surface area contributed by atoms with Crippen LogP contribution in [-0.4, -0.2) is 19.8 Å². The maximum Gasteiger partial charge on any atom is 0.502 e. The van der Waals surface area contributed by atoms with E-state index in [1.54, 1.807) is 0 Å². The Kier molecular flexibility index (Phi) is 3.23. The number of phosphoric acid groups is 1. The van der Waals surface area contributed by atoms with Gasteiger partial charge in [-0.2, -0.15) is 0 Å². The molecule has 1 fully saturated rings. The van der Waals surface area contributed by atoms with Crippen LogP contribution < -0.4 is 0 Å². The molecule has 0 spiro atoms. The molecule has 0 aromatic rings. The fourth-order valence-corrected chi connectivity index (χ4v) is 1.46. The molecule has 1 unspecified atom stereocenters. The van der Waals surface area contributed by atoms with Gasteiger partial charge >= 0.3 is 7.82 Å². The van der Waals surface area contributed by atoms with Crippen molar-refractivity contribution in [1.82, 2.24) is 0 Å². The van der Waals surface area contributed by atoms with Gasteiger partial charge in [0.05, 0.1) is 13.2 Å². The van der Waals surface area contributed by atoms with E-state index >= 15 is 0 Å². The van der Waals surface area contributed by atoms with Crippen LogP contribution in [0.4, 0.5) is 0 Å². The van der Waals surface area contributed by atoms with E-state index < -0.39 is 7.82 Å². The minimum Gasteiger partial charge on any atom is -0.283 e. The standard InChI is InChI=1S/C5H9O5P/c1-2-3-8-11(6)9-5-4-7-10-11/h2H,1,3-5H2. The van der Waals surface area contributed by atoms with Crippen LogP contribution in [0.1, 0.15) is 0 Å². The topological polar surface area (TPSA) is 54.0 Å². The third-order valence-electron chi connectivity index (χ3n) is 0.911. The molecular weight excluding hydrogens is 171 g/mol. The van der Waals surface area contributed by atoms with Crippen LogP contribution in [0.3, 0.4) is 0 Å². The number of rotatable bonds is 3. The zero-order valence-corrected chi connectivity index (χ0v) is 6.79. The maximum atomic E-state index is 11.2. The first kappa shape index (κ1) is 8.90. The van der Waals surface area contributed by atoms with Crippen LogP contribution in [-0.2, 0) is 23.2 Å². The molecule has 1 saturated heterocycles. The van der Waals surface area contributed by atoms with Gasteiger partial charge in [0, 0.05) is 0 Å². The molecule has 0 aromatic carbocycles. The Bertz CT molecular complexity index is 170. The van der Waals surface area contributed by atoms with Crippen LogP contribution in [0, 0.1) is 0 Å². The molecule has 1 heterocycles. The molecule has 11 heavy (non-hydrogen) atoms. The maximum absolute atomic E-state index is 11.2. The molecule has 0 radical (unpaired) electrons. The molecule has 1 atom stereocenters. The quantitative estimate of drug-likeness (QED) is 0.372. The van der Waals surface area contributed by atoms with Gasteiger partial charge in [-0.25, -0.2) is 9.45 Å². The lowest BCUT2D eigenvalue weighted by molar-refractivity contribution is -0.252. The summed E-state index contributed by atoms with van der Waals surface area (Å²) >= 11 is 0. The monoisotopic (exact) mass is 180 g/mol. The summed E-state index contributed by atoms with van der Waals surface area (Å²) in [6.07, 6.45) is 1.45. The number of hydrogen-bond donors (Lipinski definition) is 0. The molecule has 6 heteroatoms. The van der Waals surface area contributed by atoms with E-state index in [9.17, 15) is 4.57 Å². The molecular formula is C5H9O5P. The highest BCUT2D eigenvalue weighted by Gasteiger charge is 2.30. The fourth-order valence-electron chi connectivity index (χ4n) is 0.509. The second-order valence-corrected chi connectivity index (χ2v) is 3.32. The average Bonchev–Trinajstić information content (AvgIpc) is 2.03. The van der Waals surface area contributed by atoms with E-state index in [0.29, 0.717) is 0 Å². The van der Waals surface area contributed by atoms with Gasteiger partial charge in [-0.3, -0.25) is 9.05 Å². The highest BCUT2D eigenvalue weighted by molar-refractivity contribution is 7.48. The Morgan fingerprint density at radius 1 is 1.64 bits per heavy atom. The summed E-state index contributed by atoms with van der Waals surface area (Å²) < 4.78 is 24.9. The van der Waals surface area contributed by atoms with Gasteiger partial charge in [-0.15, -0.1) is 11.3 Å². The largest absolute Gasteiger partial charge is 0.502 e. The summed E-state index contributed by atoms with van der Waals surface area (Å²) in [5.41, 5.74) is 0. The van der Waals surface area contributed by atoms with Crippen LogP contribution in [0.15, 0.2) is 12.7 Å². The van der Waals surface area contributed by atoms with Crippen molar-refractivity contribution in [2.24, 2.45) is 0 Å². The summed E-state index contributed by atoms with van der Waals surface area (Å²) in [4.78, 5) is 4.43. The molecule has 64 valence electrons. The van der Waals surface area contributed by atoms with Crippen molar-refractivity contribution >= 4 is 7.82 Å². The highest BCUT2D eigenvalue weighted by Crippen LogP contribution is 2.51. The zero-order chi connectivity index (χ0) is 8.16. The van der Waals surface area contributed by atoms with Gasteiger partial charge in [-0.05, 0) is 0 Å².